The number of benzene rings is 1. The summed E-state index contributed by atoms with van der Waals surface area (Å²) >= 11 is 3.43. The van der Waals surface area contributed by atoms with Crippen molar-refractivity contribution in [3.8, 4) is 0 Å². The van der Waals surface area contributed by atoms with E-state index in [0.29, 0.717) is 12.0 Å². The molecule has 0 spiro atoms. The van der Waals surface area contributed by atoms with Crippen LogP contribution >= 0.6 is 15.9 Å². The average Bonchev–Trinajstić information content (AvgIpc) is 2.38. The second-order valence-corrected chi connectivity index (χ2v) is 6.34. The first-order chi connectivity index (χ1) is 9.63. The molecule has 2 nitrogen and oxygen atoms in total. The minimum absolute atomic E-state index is 0.0880. The van der Waals surface area contributed by atoms with Gasteiger partial charge in [0.05, 0.1) is 6.10 Å². The molecule has 1 atom stereocenters. The van der Waals surface area contributed by atoms with Gasteiger partial charge in [-0.1, -0.05) is 22.9 Å². The molecule has 0 bridgehead atoms. The van der Waals surface area contributed by atoms with Gasteiger partial charge in [0.15, 0.2) is 0 Å². The number of nitrogens with one attached hydrogen (secondary N) is 1. The van der Waals surface area contributed by atoms with Crippen LogP contribution in [0.3, 0.4) is 0 Å². The zero-order valence-corrected chi connectivity index (χ0v) is 13.7. The normalized spacial score (nSPS) is 23.4. The second-order valence-electron chi connectivity index (χ2n) is 5.43. The monoisotopic (exact) mass is 343 g/mol. The predicted molar refractivity (Wildman–Crippen MR) is 83.3 cm³/mol. The van der Waals surface area contributed by atoms with Crippen LogP contribution in [-0.2, 0) is 4.74 Å². The minimum atomic E-state index is -0.125. The molecule has 1 saturated carbocycles. The number of halogens is 2. The number of rotatable bonds is 7. The Morgan fingerprint density at radius 2 is 2.15 bits per heavy atom. The van der Waals surface area contributed by atoms with Crippen LogP contribution in [0.4, 0.5) is 4.39 Å². The van der Waals surface area contributed by atoms with Crippen molar-refractivity contribution in [3.63, 3.8) is 0 Å². The number of hydrogen-bond donors (Lipinski definition) is 1. The molecule has 1 aromatic rings. The van der Waals surface area contributed by atoms with Crippen molar-refractivity contribution in [1.82, 2.24) is 5.32 Å². The van der Waals surface area contributed by atoms with Gasteiger partial charge in [-0.05, 0) is 56.8 Å². The Morgan fingerprint density at radius 3 is 2.80 bits per heavy atom. The summed E-state index contributed by atoms with van der Waals surface area (Å²) < 4.78 is 20.6. The zero-order valence-electron chi connectivity index (χ0n) is 12.2. The average molecular weight is 344 g/mol. The molecule has 112 valence electrons. The molecule has 0 saturated heterocycles. The number of hydrogen-bond acceptors (Lipinski definition) is 2. The van der Waals surface area contributed by atoms with Crippen LogP contribution in [0.25, 0.3) is 0 Å². The first kappa shape index (κ1) is 15.9. The summed E-state index contributed by atoms with van der Waals surface area (Å²) in [5.41, 5.74) is 0.765. The standard InChI is InChI=1S/C16H23BrFNO/c1-3-19-16(9-11-7-13(8-11)20-4-2)14-10-12(17)5-6-15(14)18/h5-6,10-11,13,16,19H,3-4,7-9H2,1-2H3. The third-order valence-electron chi connectivity index (χ3n) is 3.95. The van der Waals surface area contributed by atoms with Crippen LogP contribution < -0.4 is 5.32 Å². The zero-order chi connectivity index (χ0) is 14.5. The molecule has 1 unspecified atom stereocenters. The van der Waals surface area contributed by atoms with E-state index in [1.807, 2.05) is 13.0 Å². The van der Waals surface area contributed by atoms with Gasteiger partial charge in [-0.2, -0.15) is 0 Å². The van der Waals surface area contributed by atoms with Gasteiger partial charge in [0, 0.05) is 22.7 Å². The first-order valence-corrected chi connectivity index (χ1v) is 8.23. The predicted octanol–water partition coefficient (Wildman–Crippen LogP) is 4.44. The largest absolute Gasteiger partial charge is 0.378 e. The Kier molecular flexibility index (Phi) is 6.00. The summed E-state index contributed by atoms with van der Waals surface area (Å²) in [6, 6.07) is 5.26. The van der Waals surface area contributed by atoms with E-state index >= 15 is 0 Å². The summed E-state index contributed by atoms with van der Waals surface area (Å²) in [7, 11) is 0. The SMILES string of the molecule is CCNC(CC1CC(OCC)C1)c1cc(Br)ccc1F. The van der Waals surface area contributed by atoms with E-state index < -0.39 is 0 Å². The Morgan fingerprint density at radius 1 is 1.40 bits per heavy atom. The molecule has 0 aliphatic heterocycles. The lowest BCUT2D eigenvalue weighted by Gasteiger charge is -2.37. The van der Waals surface area contributed by atoms with Crippen molar-refractivity contribution < 1.29 is 9.13 Å². The molecule has 1 aliphatic carbocycles. The quantitative estimate of drug-likeness (QED) is 0.789. The fraction of sp³-hybridized carbons (Fsp3) is 0.625. The van der Waals surface area contributed by atoms with E-state index in [2.05, 4.69) is 28.2 Å². The molecule has 4 heteroatoms. The van der Waals surface area contributed by atoms with Crippen molar-refractivity contribution >= 4 is 15.9 Å². The molecule has 2 rings (SSSR count). The third kappa shape index (κ3) is 4.03. The maximum Gasteiger partial charge on any atom is 0.128 e. The van der Waals surface area contributed by atoms with Crippen LogP contribution in [-0.4, -0.2) is 19.3 Å². The third-order valence-corrected chi connectivity index (χ3v) is 4.44. The Labute approximate surface area is 129 Å². The second kappa shape index (κ2) is 7.53. The van der Waals surface area contributed by atoms with Crippen LogP contribution in [0.2, 0.25) is 0 Å². The van der Waals surface area contributed by atoms with E-state index in [9.17, 15) is 4.39 Å². The molecular weight excluding hydrogens is 321 g/mol. The Bertz CT molecular complexity index is 434. The summed E-state index contributed by atoms with van der Waals surface area (Å²) in [5, 5.41) is 3.41. The summed E-state index contributed by atoms with van der Waals surface area (Å²) in [6.07, 6.45) is 3.60. The highest BCUT2D eigenvalue weighted by Gasteiger charge is 2.32. The molecule has 1 aromatic carbocycles. The van der Waals surface area contributed by atoms with Gasteiger partial charge in [0.25, 0.3) is 0 Å². The van der Waals surface area contributed by atoms with Gasteiger partial charge in [-0.15, -0.1) is 0 Å². The van der Waals surface area contributed by atoms with E-state index in [0.717, 1.165) is 42.5 Å². The molecule has 0 heterocycles. The van der Waals surface area contributed by atoms with Crippen molar-refractivity contribution in [3.05, 3.63) is 34.1 Å². The van der Waals surface area contributed by atoms with Crippen LogP contribution in [0.1, 0.15) is 44.7 Å². The van der Waals surface area contributed by atoms with Gasteiger partial charge in [0.2, 0.25) is 0 Å². The van der Waals surface area contributed by atoms with Gasteiger partial charge >= 0.3 is 0 Å². The number of ether oxygens (including phenoxy) is 1. The molecule has 20 heavy (non-hydrogen) atoms. The Balaban J connectivity index is 1.99. The van der Waals surface area contributed by atoms with E-state index in [1.165, 1.54) is 6.07 Å². The lowest BCUT2D eigenvalue weighted by molar-refractivity contribution is -0.0291. The van der Waals surface area contributed by atoms with Crippen LogP contribution in [0, 0.1) is 11.7 Å². The van der Waals surface area contributed by atoms with Gasteiger partial charge in [0.1, 0.15) is 5.82 Å². The van der Waals surface area contributed by atoms with Gasteiger partial charge < -0.3 is 10.1 Å². The summed E-state index contributed by atoms with van der Waals surface area (Å²) in [6.45, 7) is 5.73. The molecule has 1 N–H and O–H groups in total. The topological polar surface area (TPSA) is 21.3 Å². The highest BCUT2D eigenvalue weighted by Crippen LogP contribution is 2.37. The summed E-state index contributed by atoms with van der Waals surface area (Å²) in [5.74, 6) is 0.508. The summed E-state index contributed by atoms with van der Waals surface area (Å²) in [4.78, 5) is 0. The van der Waals surface area contributed by atoms with Crippen molar-refractivity contribution in [1.29, 1.82) is 0 Å². The van der Waals surface area contributed by atoms with Crippen molar-refractivity contribution in [2.45, 2.75) is 45.3 Å². The van der Waals surface area contributed by atoms with E-state index in [-0.39, 0.29) is 11.9 Å². The molecule has 0 radical (unpaired) electrons. The maximum atomic E-state index is 14.0. The van der Waals surface area contributed by atoms with Crippen LogP contribution in [0.15, 0.2) is 22.7 Å². The smallest absolute Gasteiger partial charge is 0.128 e. The van der Waals surface area contributed by atoms with Crippen molar-refractivity contribution in [2.24, 2.45) is 5.92 Å². The van der Waals surface area contributed by atoms with Gasteiger partial charge in [-0.3, -0.25) is 0 Å². The fourth-order valence-corrected chi connectivity index (χ4v) is 3.30. The molecule has 0 aromatic heterocycles. The molecular formula is C16H23BrFNO. The lowest BCUT2D eigenvalue weighted by Crippen LogP contribution is -2.35. The minimum Gasteiger partial charge on any atom is -0.378 e. The molecule has 0 amide bonds. The Hall–Kier alpha value is -0.450. The highest BCUT2D eigenvalue weighted by molar-refractivity contribution is 9.10. The highest BCUT2D eigenvalue weighted by atomic mass is 79.9. The fourth-order valence-electron chi connectivity index (χ4n) is 2.92. The van der Waals surface area contributed by atoms with Gasteiger partial charge in [-0.25, -0.2) is 4.39 Å². The molecule has 1 fully saturated rings. The maximum absolute atomic E-state index is 14.0. The lowest BCUT2D eigenvalue weighted by atomic mass is 9.77. The van der Waals surface area contributed by atoms with E-state index in [1.54, 1.807) is 6.07 Å². The first-order valence-electron chi connectivity index (χ1n) is 7.43. The van der Waals surface area contributed by atoms with Crippen LogP contribution in [0.5, 0.6) is 0 Å². The van der Waals surface area contributed by atoms with Crippen molar-refractivity contribution in [2.75, 3.05) is 13.2 Å². The molecule has 1 aliphatic rings. The van der Waals surface area contributed by atoms with E-state index in [4.69, 9.17) is 4.74 Å².